The van der Waals surface area contributed by atoms with Crippen molar-refractivity contribution in [1.29, 1.82) is 0 Å². The van der Waals surface area contributed by atoms with Crippen molar-refractivity contribution in [1.82, 2.24) is 14.3 Å². The fourth-order valence-corrected chi connectivity index (χ4v) is 4.21. The largest absolute Gasteiger partial charge is 0.473 e. The maximum Gasteiger partial charge on any atom is 0.416 e. The minimum Gasteiger partial charge on any atom is -0.473 e. The summed E-state index contributed by atoms with van der Waals surface area (Å²) >= 11 is 0. The van der Waals surface area contributed by atoms with Crippen LogP contribution in [-0.2, 0) is 16.2 Å². The number of sulfonamides is 1. The maximum atomic E-state index is 12.7. The minimum absolute atomic E-state index is 0.105. The molecule has 10 heteroatoms. The number of hydrogen-bond acceptors (Lipinski definition) is 5. The Labute approximate surface area is 148 Å². The Morgan fingerprint density at radius 2 is 1.88 bits per heavy atom. The summed E-state index contributed by atoms with van der Waals surface area (Å²) in [5, 5.41) is 0. The summed E-state index contributed by atoms with van der Waals surface area (Å²) in [5.41, 5.74) is -0.889. The van der Waals surface area contributed by atoms with Crippen LogP contribution < -0.4 is 4.74 Å². The summed E-state index contributed by atoms with van der Waals surface area (Å²) < 4.78 is 70.2. The molecule has 1 aromatic carbocycles. The molecule has 1 aliphatic rings. The Morgan fingerprint density at radius 3 is 2.50 bits per heavy atom. The van der Waals surface area contributed by atoms with Crippen LogP contribution in [0.25, 0.3) is 0 Å². The molecule has 2 aromatic rings. The zero-order valence-corrected chi connectivity index (χ0v) is 14.4. The molecule has 0 radical (unpaired) electrons. The van der Waals surface area contributed by atoms with Gasteiger partial charge in [0, 0.05) is 18.8 Å². The highest BCUT2D eigenvalue weighted by Gasteiger charge is 2.33. The van der Waals surface area contributed by atoms with Crippen molar-refractivity contribution in [3.63, 3.8) is 0 Å². The van der Waals surface area contributed by atoms with Gasteiger partial charge in [-0.15, -0.1) is 0 Å². The smallest absolute Gasteiger partial charge is 0.416 e. The van der Waals surface area contributed by atoms with Crippen LogP contribution in [0.1, 0.15) is 18.4 Å². The van der Waals surface area contributed by atoms with E-state index in [1.165, 1.54) is 16.8 Å². The van der Waals surface area contributed by atoms with Crippen molar-refractivity contribution in [3.8, 4) is 5.88 Å². The number of halogens is 3. The van der Waals surface area contributed by atoms with Crippen LogP contribution in [0.2, 0.25) is 0 Å². The fraction of sp³-hybridized carbons (Fsp3) is 0.375. The molecule has 0 amide bonds. The van der Waals surface area contributed by atoms with Gasteiger partial charge < -0.3 is 4.74 Å². The molecule has 140 valence electrons. The summed E-state index contributed by atoms with van der Waals surface area (Å²) in [6.45, 7) is 0.389. The van der Waals surface area contributed by atoms with E-state index in [0.29, 0.717) is 18.7 Å². The van der Waals surface area contributed by atoms with Crippen molar-refractivity contribution >= 4 is 10.0 Å². The van der Waals surface area contributed by atoms with E-state index in [9.17, 15) is 21.6 Å². The molecule has 1 unspecified atom stereocenters. The molecule has 6 nitrogen and oxygen atoms in total. The van der Waals surface area contributed by atoms with Gasteiger partial charge in [0.15, 0.2) is 0 Å². The van der Waals surface area contributed by atoms with Crippen LogP contribution in [0.3, 0.4) is 0 Å². The standard InChI is InChI=1S/C16H16F3N3O3S/c17-16(18,19)12-3-5-14(6-4-12)26(23,24)22-9-1-2-13(10-22)25-15-7-8-20-11-21-15/h3-8,11,13H,1-2,9-10H2. The number of aromatic nitrogens is 2. The second kappa shape index (κ2) is 7.20. The minimum atomic E-state index is -4.51. The lowest BCUT2D eigenvalue weighted by atomic mass is 10.1. The average Bonchev–Trinajstić information content (AvgIpc) is 2.62. The summed E-state index contributed by atoms with van der Waals surface area (Å²) in [6.07, 6.45) is -0.817. The zero-order chi connectivity index (χ0) is 18.8. The second-order valence-electron chi connectivity index (χ2n) is 5.81. The molecule has 1 aromatic heterocycles. The van der Waals surface area contributed by atoms with E-state index in [4.69, 9.17) is 4.74 Å². The molecule has 0 N–H and O–H groups in total. The van der Waals surface area contributed by atoms with Crippen LogP contribution in [0.5, 0.6) is 5.88 Å². The normalized spacial score (nSPS) is 19.3. The van der Waals surface area contributed by atoms with Gasteiger partial charge in [-0.3, -0.25) is 0 Å². The van der Waals surface area contributed by atoms with Crippen LogP contribution in [-0.4, -0.2) is 41.9 Å². The third kappa shape index (κ3) is 4.13. The fourth-order valence-electron chi connectivity index (χ4n) is 2.70. The molecule has 1 fully saturated rings. The molecule has 1 aliphatic heterocycles. The van der Waals surface area contributed by atoms with Gasteiger partial charge in [0.1, 0.15) is 12.4 Å². The Morgan fingerprint density at radius 1 is 1.15 bits per heavy atom. The summed E-state index contributed by atoms with van der Waals surface area (Å²) in [6, 6.07) is 5.07. The first kappa shape index (κ1) is 18.6. The van der Waals surface area contributed by atoms with Crippen LogP contribution in [0.4, 0.5) is 13.2 Å². The van der Waals surface area contributed by atoms with Gasteiger partial charge in [0.2, 0.25) is 15.9 Å². The molecule has 0 bridgehead atoms. The third-order valence-electron chi connectivity index (χ3n) is 4.00. The number of rotatable bonds is 4. The highest BCUT2D eigenvalue weighted by Crippen LogP contribution is 2.30. The monoisotopic (exact) mass is 387 g/mol. The lowest BCUT2D eigenvalue weighted by Crippen LogP contribution is -2.44. The molecule has 1 saturated heterocycles. The first-order valence-electron chi connectivity index (χ1n) is 7.87. The van der Waals surface area contributed by atoms with Gasteiger partial charge in [0.25, 0.3) is 0 Å². The van der Waals surface area contributed by atoms with E-state index in [-0.39, 0.29) is 24.1 Å². The second-order valence-corrected chi connectivity index (χ2v) is 7.75. The zero-order valence-electron chi connectivity index (χ0n) is 13.6. The number of piperidine rings is 1. The van der Waals surface area contributed by atoms with Crippen LogP contribution in [0, 0.1) is 0 Å². The van der Waals surface area contributed by atoms with Gasteiger partial charge in [-0.25, -0.2) is 18.4 Å². The number of hydrogen-bond donors (Lipinski definition) is 0. The van der Waals surface area contributed by atoms with Gasteiger partial charge >= 0.3 is 6.18 Å². The van der Waals surface area contributed by atoms with E-state index in [2.05, 4.69) is 9.97 Å². The van der Waals surface area contributed by atoms with Gasteiger partial charge in [-0.1, -0.05) is 0 Å². The van der Waals surface area contributed by atoms with Crippen LogP contribution in [0.15, 0.2) is 47.8 Å². The topological polar surface area (TPSA) is 72.4 Å². The maximum absolute atomic E-state index is 12.7. The molecule has 0 spiro atoms. The van der Waals surface area contributed by atoms with Crippen molar-refractivity contribution in [2.45, 2.75) is 30.0 Å². The number of benzene rings is 1. The lowest BCUT2D eigenvalue weighted by Gasteiger charge is -2.31. The molecule has 3 rings (SSSR count). The molecular formula is C16H16F3N3O3S. The van der Waals surface area contributed by atoms with E-state index < -0.39 is 21.8 Å². The Kier molecular flexibility index (Phi) is 5.15. The molecule has 2 heterocycles. The van der Waals surface area contributed by atoms with Crippen LogP contribution >= 0.6 is 0 Å². The number of alkyl halides is 3. The van der Waals surface area contributed by atoms with E-state index in [1.54, 1.807) is 6.07 Å². The highest BCUT2D eigenvalue weighted by atomic mass is 32.2. The predicted octanol–water partition coefficient (Wildman–Crippen LogP) is 2.73. The Balaban J connectivity index is 1.74. The molecule has 1 atom stereocenters. The number of nitrogens with zero attached hydrogens (tertiary/aromatic N) is 3. The summed E-state index contributed by atoms with van der Waals surface area (Å²) in [7, 11) is -3.90. The first-order chi connectivity index (χ1) is 12.3. The third-order valence-corrected chi connectivity index (χ3v) is 5.88. The van der Waals surface area contributed by atoms with Crippen molar-refractivity contribution in [3.05, 3.63) is 48.4 Å². The van der Waals surface area contributed by atoms with Crippen molar-refractivity contribution in [2.75, 3.05) is 13.1 Å². The van der Waals surface area contributed by atoms with Gasteiger partial charge in [-0.05, 0) is 37.1 Å². The van der Waals surface area contributed by atoms with E-state index >= 15 is 0 Å². The van der Waals surface area contributed by atoms with Crippen molar-refractivity contribution < 1.29 is 26.3 Å². The highest BCUT2D eigenvalue weighted by molar-refractivity contribution is 7.89. The summed E-state index contributed by atoms with van der Waals surface area (Å²) in [5.74, 6) is 0.346. The molecular weight excluding hydrogens is 371 g/mol. The van der Waals surface area contributed by atoms with Gasteiger partial charge in [0.05, 0.1) is 17.0 Å². The lowest BCUT2D eigenvalue weighted by molar-refractivity contribution is -0.137. The Hall–Kier alpha value is -2.20. The van der Waals surface area contributed by atoms with E-state index in [1.807, 2.05) is 0 Å². The molecule has 26 heavy (non-hydrogen) atoms. The predicted molar refractivity (Wildman–Crippen MR) is 85.9 cm³/mol. The van der Waals surface area contributed by atoms with Crippen molar-refractivity contribution in [2.24, 2.45) is 0 Å². The number of ether oxygens (including phenoxy) is 1. The molecule has 0 aliphatic carbocycles. The van der Waals surface area contributed by atoms with Gasteiger partial charge in [-0.2, -0.15) is 17.5 Å². The molecule has 0 saturated carbocycles. The average molecular weight is 387 g/mol. The van der Waals surface area contributed by atoms with E-state index in [0.717, 1.165) is 24.3 Å². The summed E-state index contributed by atoms with van der Waals surface area (Å²) in [4.78, 5) is 7.55. The first-order valence-corrected chi connectivity index (χ1v) is 9.31. The quantitative estimate of drug-likeness (QED) is 0.807. The SMILES string of the molecule is O=S(=O)(c1ccc(C(F)(F)F)cc1)N1CCCC(Oc2ccncn2)C1. The Bertz CT molecular complexity index is 843.